The van der Waals surface area contributed by atoms with Gasteiger partial charge in [-0.05, 0) is 25.1 Å². The van der Waals surface area contributed by atoms with Crippen molar-refractivity contribution < 1.29 is 4.79 Å². The van der Waals surface area contributed by atoms with Gasteiger partial charge in [0.25, 0.3) is 0 Å². The molecule has 0 aromatic rings. The largest absolute Gasteiger partial charge is 0.341 e. The molecule has 1 heterocycles. The Bertz CT molecular complexity index is 175. The first kappa shape index (κ1) is 10.9. The molecule has 0 aliphatic carbocycles. The summed E-state index contributed by atoms with van der Waals surface area (Å²) in [5.74, 6) is 1.20. The van der Waals surface area contributed by atoms with Crippen LogP contribution in [0.4, 0.5) is 0 Å². The Morgan fingerprint density at radius 2 is 2.46 bits per heavy atom. The van der Waals surface area contributed by atoms with Crippen molar-refractivity contribution in [3.8, 4) is 0 Å². The summed E-state index contributed by atoms with van der Waals surface area (Å²) in [6.07, 6.45) is 2.81. The Balaban J connectivity index is 2.11. The Labute approximate surface area is 85.3 Å². The first-order valence-corrected chi connectivity index (χ1v) is 5.46. The van der Waals surface area contributed by atoms with E-state index in [4.69, 9.17) is 0 Å². The quantitative estimate of drug-likeness (QED) is 0.503. The molecule has 1 rings (SSSR count). The average molecular weight is 202 g/mol. The minimum Gasteiger partial charge on any atom is -0.341 e. The van der Waals surface area contributed by atoms with Crippen LogP contribution in [0.3, 0.4) is 0 Å². The fourth-order valence-corrected chi connectivity index (χ4v) is 1.73. The van der Waals surface area contributed by atoms with Crippen LogP contribution < -0.4 is 5.32 Å². The zero-order valence-corrected chi connectivity index (χ0v) is 9.02. The van der Waals surface area contributed by atoms with Crippen molar-refractivity contribution in [2.24, 2.45) is 0 Å². The van der Waals surface area contributed by atoms with Crippen molar-refractivity contribution in [2.75, 3.05) is 25.9 Å². The molecule has 76 valence electrons. The third kappa shape index (κ3) is 3.19. The molecule has 1 amide bonds. The van der Waals surface area contributed by atoms with Crippen LogP contribution in [0.5, 0.6) is 0 Å². The summed E-state index contributed by atoms with van der Waals surface area (Å²) < 4.78 is 0. The zero-order chi connectivity index (χ0) is 9.68. The van der Waals surface area contributed by atoms with Gasteiger partial charge in [-0.15, -0.1) is 0 Å². The summed E-state index contributed by atoms with van der Waals surface area (Å²) in [7, 11) is 1.89. The number of nitrogens with zero attached hydrogens (tertiary/aromatic N) is 1. The SMILES string of the molecule is CN1C(=O)CC[C@H]1CNCCCS. The number of likely N-dealkylation sites (tertiary alicyclic amines) is 1. The van der Waals surface area contributed by atoms with Gasteiger partial charge in [0, 0.05) is 26.1 Å². The number of amides is 1. The van der Waals surface area contributed by atoms with Gasteiger partial charge >= 0.3 is 0 Å². The van der Waals surface area contributed by atoms with Crippen LogP contribution in [0.1, 0.15) is 19.3 Å². The Morgan fingerprint density at radius 1 is 1.69 bits per heavy atom. The van der Waals surface area contributed by atoms with Crippen molar-refractivity contribution >= 4 is 18.5 Å². The smallest absolute Gasteiger partial charge is 0.222 e. The molecule has 3 nitrogen and oxygen atoms in total. The van der Waals surface area contributed by atoms with E-state index in [-0.39, 0.29) is 5.91 Å². The Kier molecular flexibility index (Phi) is 4.59. The highest BCUT2D eigenvalue weighted by atomic mass is 32.1. The summed E-state index contributed by atoms with van der Waals surface area (Å²) in [5.41, 5.74) is 0. The minimum absolute atomic E-state index is 0.279. The number of rotatable bonds is 5. The maximum Gasteiger partial charge on any atom is 0.222 e. The van der Waals surface area contributed by atoms with Crippen LogP contribution >= 0.6 is 12.6 Å². The highest BCUT2D eigenvalue weighted by molar-refractivity contribution is 7.80. The van der Waals surface area contributed by atoms with Gasteiger partial charge in [0.1, 0.15) is 0 Å². The maximum atomic E-state index is 11.2. The van der Waals surface area contributed by atoms with E-state index in [9.17, 15) is 4.79 Å². The predicted molar refractivity (Wildman–Crippen MR) is 57.1 cm³/mol. The van der Waals surface area contributed by atoms with Gasteiger partial charge in [0.2, 0.25) is 5.91 Å². The predicted octanol–water partition coefficient (Wildman–Crippen LogP) is 0.517. The van der Waals surface area contributed by atoms with Gasteiger partial charge < -0.3 is 10.2 Å². The van der Waals surface area contributed by atoms with Crippen molar-refractivity contribution in [3.05, 3.63) is 0 Å². The number of hydrogen-bond donors (Lipinski definition) is 2. The molecule has 13 heavy (non-hydrogen) atoms. The molecule has 0 unspecified atom stereocenters. The lowest BCUT2D eigenvalue weighted by Crippen LogP contribution is -2.37. The van der Waals surface area contributed by atoms with E-state index in [1.165, 1.54) is 0 Å². The van der Waals surface area contributed by atoms with Gasteiger partial charge in [-0.1, -0.05) is 0 Å². The molecule has 1 saturated heterocycles. The summed E-state index contributed by atoms with van der Waals surface area (Å²) >= 11 is 4.13. The standard InChI is InChI=1S/C9H18N2OS/c1-11-8(3-4-9(11)12)7-10-5-2-6-13/h8,10,13H,2-7H2,1H3/t8-/m0/s1. The van der Waals surface area contributed by atoms with Gasteiger partial charge in [0.15, 0.2) is 0 Å². The van der Waals surface area contributed by atoms with E-state index in [1.54, 1.807) is 0 Å². The Hall–Kier alpha value is -0.220. The highest BCUT2D eigenvalue weighted by Gasteiger charge is 2.26. The van der Waals surface area contributed by atoms with Crippen LogP contribution in [0.2, 0.25) is 0 Å². The van der Waals surface area contributed by atoms with Crippen LogP contribution in [0, 0.1) is 0 Å². The molecule has 0 spiro atoms. The second-order valence-corrected chi connectivity index (χ2v) is 3.93. The molecular formula is C9H18N2OS. The number of hydrogen-bond acceptors (Lipinski definition) is 3. The van der Waals surface area contributed by atoms with Gasteiger partial charge in [-0.3, -0.25) is 4.79 Å². The molecule has 1 atom stereocenters. The minimum atomic E-state index is 0.279. The number of nitrogens with one attached hydrogen (secondary N) is 1. The lowest BCUT2D eigenvalue weighted by atomic mass is 10.2. The normalized spacial score (nSPS) is 22.8. The molecule has 0 aromatic carbocycles. The van der Waals surface area contributed by atoms with Crippen molar-refractivity contribution in [1.82, 2.24) is 10.2 Å². The van der Waals surface area contributed by atoms with Gasteiger partial charge in [-0.25, -0.2) is 0 Å². The molecule has 0 aromatic heterocycles. The van der Waals surface area contributed by atoms with Gasteiger partial charge in [-0.2, -0.15) is 12.6 Å². The molecule has 1 aliphatic heterocycles. The Morgan fingerprint density at radius 3 is 3.00 bits per heavy atom. The summed E-state index contributed by atoms with van der Waals surface area (Å²) in [6.45, 7) is 1.93. The zero-order valence-electron chi connectivity index (χ0n) is 8.12. The van der Waals surface area contributed by atoms with Crippen LogP contribution in [-0.2, 0) is 4.79 Å². The maximum absolute atomic E-state index is 11.2. The third-order valence-electron chi connectivity index (χ3n) is 2.52. The molecule has 0 bridgehead atoms. The molecule has 0 saturated carbocycles. The molecule has 4 heteroatoms. The van der Waals surface area contributed by atoms with Crippen molar-refractivity contribution in [3.63, 3.8) is 0 Å². The lowest BCUT2D eigenvalue weighted by molar-refractivity contribution is -0.127. The third-order valence-corrected chi connectivity index (χ3v) is 2.84. The second kappa shape index (κ2) is 5.50. The van der Waals surface area contributed by atoms with Crippen molar-refractivity contribution in [2.45, 2.75) is 25.3 Å². The van der Waals surface area contributed by atoms with E-state index in [2.05, 4.69) is 17.9 Å². The number of carbonyl (C=O) groups is 1. The van der Waals surface area contributed by atoms with Crippen LogP contribution in [-0.4, -0.2) is 42.7 Å². The first-order chi connectivity index (χ1) is 6.25. The van der Waals surface area contributed by atoms with E-state index in [0.717, 1.165) is 38.1 Å². The number of thiol groups is 1. The van der Waals surface area contributed by atoms with E-state index in [0.29, 0.717) is 6.04 Å². The fourth-order valence-electron chi connectivity index (χ4n) is 1.58. The number of carbonyl (C=O) groups excluding carboxylic acids is 1. The van der Waals surface area contributed by atoms with Gasteiger partial charge in [0.05, 0.1) is 0 Å². The van der Waals surface area contributed by atoms with Crippen molar-refractivity contribution in [1.29, 1.82) is 0 Å². The highest BCUT2D eigenvalue weighted by Crippen LogP contribution is 2.15. The summed E-state index contributed by atoms with van der Waals surface area (Å²) in [5, 5.41) is 3.34. The molecular weight excluding hydrogens is 184 g/mol. The van der Waals surface area contributed by atoms with E-state index >= 15 is 0 Å². The fraction of sp³-hybridized carbons (Fsp3) is 0.889. The monoisotopic (exact) mass is 202 g/mol. The summed E-state index contributed by atoms with van der Waals surface area (Å²) in [6, 6.07) is 0.410. The first-order valence-electron chi connectivity index (χ1n) is 4.83. The van der Waals surface area contributed by atoms with E-state index in [1.807, 2.05) is 11.9 Å². The molecule has 1 N–H and O–H groups in total. The number of likely N-dealkylation sites (N-methyl/N-ethyl adjacent to an activating group) is 1. The summed E-state index contributed by atoms with van der Waals surface area (Å²) in [4.78, 5) is 13.0. The molecule has 0 radical (unpaired) electrons. The molecule has 1 fully saturated rings. The molecule has 1 aliphatic rings. The van der Waals surface area contributed by atoms with E-state index < -0.39 is 0 Å². The van der Waals surface area contributed by atoms with Crippen LogP contribution in [0.25, 0.3) is 0 Å². The average Bonchev–Trinajstić information content (AvgIpc) is 2.43. The van der Waals surface area contributed by atoms with Crippen LogP contribution in [0.15, 0.2) is 0 Å². The topological polar surface area (TPSA) is 32.3 Å². The lowest BCUT2D eigenvalue weighted by Gasteiger charge is -2.19. The second-order valence-electron chi connectivity index (χ2n) is 3.48.